The van der Waals surface area contributed by atoms with Crippen molar-refractivity contribution < 1.29 is 15.0 Å². The zero-order valence-electron chi connectivity index (χ0n) is 19.9. The SMILES string of the molecule is Br.Cc1ccc2c(n1)C(=N)N(CC(=O)c1cc(C(C)(C)C)c(O)c(C(C)(C)C)c1)C2CO. The van der Waals surface area contributed by atoms with Crippen molar-refractivity contribution in [2.45, 2.75) is 65.3 Å². The number of carbonyl (C=O) groups is 1. The van der Waals surface area contributed by atoms with Gasteiger partial charge < -0.3 is 15.1 Å². The molecule has 0 aliphatic carbocycles. The summed E-state index contributed by atoms with van der Waals surface area (Å²) in [6.07, 6.45) is 0. The van der Waals surface area contributed by atoms with E-state index in [1.807, 2.05) is 60.6 Å². The molecule has 0 saturated carbocycles. The first kappa shape index (κ1) is 26.0. The van der Waals surface area contributed by atoms with Gasteiger partial charge in [0, 0.05) is 27.9 Å². The number of nitrogens with zero attached hydrogens (tertiary/aromatic N) is 2. The summed E-state index contributed by atoms with van der Waals surface area (Å²) in [5.41, 5.74) is 3.33. The van der Waals surface area contributed by atoms with Gasteiger partial charge >= 0.3 is 0 Å². The van der Waals surface area contributed by atoms with E-state index < -0.39 is 6.04 Å². The second kappa shape index (κ2) is 8.94. The van der Waals surface area contributed by atoms with Crippen molar-refractivity contribution in [2.24, 2.45) is 0 Å². The van der Waals surface area contributed by atoms with Crippen LogP contribution < -0.4 is 0 Å². The Bertz CT molecular complexity index is 1020. The number of benzene rings is 1. The van der Waals surface area contributed by atoms with Gasteiger partial charge in [-0.15, -0.1) is 17.0 Å². The maximum atomic E-state index is 13.4. The van der Waals surface area contributed by atoms with Crippen LogP contribution in [0.25, 0.3) is 0 Å². The molecule has 3 N–H and O–H groups in total. The number of aromatic hydroxyl groups is 1. The lowest BCUT2D eigenvalue weighted by Crippen LogP contribution is -2.35. The predicted molar refractivity (Wildman–Crippen MR) is 132 cm³/mol. The molecule has 1 aromatic carbocycles. The third-order valence-corrected chi connectivity index (χ3v) is 5.85. The molecule has 1 atom stereocenters. The highest BCUT2D eigenvalue weighted by atomic mass is 79.9. The van der Waals surface area contributed by atoms with Crippen LogP contribution in [0, 0.1) is 12.3 Å². The fraction of sp³-hybridized carbons (Fsp3) is 0.480. The van der Waals surface area contributed by atoms with Crippen LogP contribution in [-0.2, 0) is 10.8 Å². The molecule has 0 radical (unpaired) electrons. The van der Waals surface area contributed by atoms with Crippen LogP contribution in [0.1, 0.15) is 86.0 Å². The van der Waals surface area contributed by atoms with Gasteiger partial charge in [0.1, 0.15) is 17.3 Å². The standard InChI is InChI=1S/C25H33N3O3.BrH/c1-14-8-9-16-19(13-29)28(23(26)21(16)27-14)12-20(30)15-10-17(24(2,3)4)22(31)18(11-15)25(5,6)7;/h8-11,19,26,29,31H,12-13H2,1-7H3;1H. The first-order chi connectivity index (χ1) is 14.3. The van der Waals surface area contributed by atoms with Crippen LogP contribution in [0.15, 0.2) is 24.3 Å². The summed E-state index contributed by atoms with van der Waals surface area (Å²) >= 11 is 0. The van der Waals surface area contributed by atoms with E-state index in [4.69, 9.17) is 5.41 Å². The maximum Gasteiger partial charge on any atom is 0.182 e. The van der Waals surface area contributed by atoms with E-state index in [9.17, 15) is 15.0 Å². The number of halogens is 1. The number of aromatic nitrogens is 1. The third kappa shape index (κ3) is 4.74. The highest BCUT2D eigenvalue weighted by Crippen LogP contribution is 2.40. The number of phenols is 1. The van der Waals surface area contributed by atoms with E-state index in [0.29, 0.717) is 11.3 Å². The number of aliphatic hydroxyl groups excluding tert-OH is 1. The zero-order chi connectivity index (χ0) is 23.3. The number of phenolic OH excluding ortho intramolecular Hbond substituents is 1. The Morgan fingerprint density at radius 2 is 1.62 bits per heavy atom. The number of fused-ring (bicyclic) bond motifs is 1. The van der Waals surface area contributed by atoms with Gasteiger partial charge in [0.2, 0.25) is 0 Å². The molecule has 7 heteroatoms. The molecule has 1 aromatic heterocycles. The molecule has 174 valence electrons. The monoisotopic (exact) mass is 503 g/mol. The summed E-state index contributed by atoms with van der Waals surface area (Å²) in [5, 5.41) is 29.5. The van der Waals surface area contributed by atoms with Crippen LogP contribution >= 0.6 is 17.0 Å². The lowest BCUT2D eigenvalue weighted by Gasteiger charge is -2.29. The molecule has 1 aliphatic rings. The second-order valence-electron chi connectivity index (χ2n) is 10.4. The quantitative estimate of drug-likeness (QED) is 0.519. The summed E-state index contributed by atoms with van der Waals surface area (Å²) in [7, 11) is 0. The number of nitrogens with one attached hydrogen (secondary N) is 1. The van der Waals surface area contributed by atoms with Crippen LogP contribution in [0.4, 0.5) is 0 Å². The number of rotatable bonds is 4. The van der Waals surface area contributed by atoms with E-state index >= 15 is 0 Å². The number of amidine groups is 1. The molecule has 0 bridgehead atoms. The Balaban J connectivity index is 0.00000363. The highest BCUT2D eigenvalue weighted by molar-refractivity contribution is 8.93. The Hall–Kier alpha value is -2.25. The number of hydrogen-bond donors (Lipinski definition) is 3. The molecule has 2 heterocycles. The number of ketones is 1. The molecule has 0 spiro atoms. The number of Topliss-reactive ketones (excluding diaryl/α,β-unsaturated/α-hetero) is 1. The first-order valence-electron chi connectivity index (χ1n) is 10.6. The van der Waals surface area contributed by atoms with E-state index in [1.54, 1.807) is 17.0 Å². The van der Waals surface area contributed by atoms with Crippen molar-refractivity contribution in [3.05, 3.63) is 57.9 Å². The van der Waals surface area contributed by atoms with Gasteiger partial charge in [0.05, 0.1) is 19.2 Å². The van der Waals surface area contributed by atoms with Crippen molar-refractivity contribution in [1.82, 2.24) is 9.88 Å². The molecule has 0 amide bonds. The summed E-state index contributed by atoms with van der Waals surface area (Å²) in [4.78, 5) is 19.4. The summed E-state index contributed by atoms with van der Waals surface area (Å²) in [5.74, 6) is 0.214. The minimum absolute atomic E-state index is 0. The highest BCUT2D eigenvalue weighted by Gasteiger charge is 2.37. The molecule has 1 aliphatic heterocycles. The average Bonchev–Trinajstić information content (AvgIpc) is 2.91. The van der Waals surface area contributed by atoms with E-state index in [2.05, 4.69) is 4.98 Å². The van der Waals surface area contributed by atoms with Gasteiger partial charge in [-0.2, -0.15) is 0 Å². The molecular formula is C25H34BrN3O3. The van der Waals surface area contributed by atoms with Crippen LogP contribution in [0.5, 0.6) is 5.75 Å². The van der Waals surface area contributed by atoms with Crippen molar-refractivity contribution in [3.63, 3.8) is 0 Å². The predicted octanol–water partition coefficient (Wildman–Crippen LogP) is 4.83. The van der Waals surface area contributed by atoms with Gasteiger partial charge in [-0.3, -0.25) is 10.2 Å². The van der Waals surface area contributed by atoms with Crippen molar-refractivity contribution in [1.29, 1.82) is 5.41 Å². The van der Waals surface area contributed by atoms with Gasteiger partial charge in [0.25, 0.3) is 0 Å². The van der Waals surface area contributed by atoms with Gasteiger partial charge in [-0.1, -0.05) is 47.6 Å². The summed E-state index contributed by atoms with van der Waals surface area (Å²) in [6.45, 7) is 13.6. The number of pyridine rings is 1. The number of hydrogen-bond acceptors (Lipinski definition) is 5. The van der Waals surface area contributed by atoms with Crippen molar-refractivity contribution in [2.75, 3.05) is 13.2 Å². The molecular weight excluding hydrogens is 470 g/mol. The lowest BCUT2D eigenvalue weighted by molar-refractivity contribution is 0.0930. The van der Waals surface area contributed by atoms with Gasteiger partial charge in [-0.05, 0) is 36.0 Å². The number of aliphatic hydroxyl groups is 1. The Morgan fingerprint density at radius 1 is 1.09 bits per heavy atom. The topological polar surface area (TPSA) is 97.5 Å². The lowest BCUT2D eigenvalue weighted by atomic mass is 9.78. The average molecular weight is 504 g/mol. The van der Waals surface area contributed by atoms with E-state index in [0.717, 1.165) is 22.4 Å². The smallest absolute Gasteiger partial charge is 0.182 e. The fourth-order valence-corrected chi connectivity index (χ4v) is 4.06. The largest absolute Gasteiger partial charge is 0.507 e. The minimum Gasteiger partial charge on any atom is -0.507 e. The molecule has 32 heavy (non-hydrogen) atoms. The first-order valence-corrected chi connectivity index (χ1v) is 10.6. The number of carbonyl (C=O) groups excluding carboxylic acids is 1. The zero-order valence-corrected chi connectivity index (χ0v) is 21.6. The Kier molecular flexibility index (Phi) is 7.27. The maximum absolute atomic E-state index is 13.4. The normalized spacial score (nSPS) is 16.1. The summed E-state index contributed by atoms with van der Waals surface area (Å²) in [6, 6.07) is 6.77. The third-order valence-electron chi connectivity index (χ3n) is 5.85. The number of aryl methyl sites for hydroxylation is 1. The minimum atomic E-state index is -0.471. The Labute approximate surface area is 201 Å². The van der Waals surface area contributed by atoms with E-state index in [1.165, 1.54) is 0 Å². The van der Waals surface area contributed by atoms with Crippen LogP contribution in [-0.4, -0.2) is 44.9 Å². The van der Waals surface area contributed by atoms with Crippen molar-refractivity contribution >= 4 is 28.6 Å². The second-order valence-corrected chi connectivity index (χ2v) is 10.4. The van der Waals surface area contributed by atoms with Crippen molar-refractivity contribution in [3.8, 4) is 5.75 Å². The van der Waals surface area contributed by atoms with Crippen LogP contribution in [0.2, 0.25) is 0 Å². The molecule has 1 unspecified atom stereocenters. The van der Waals surface area contributed by atoms with E-state index in [-0.39, 0.29) is 58.3 Å². The fourth-order valence-electron chi connectivity index (χ4n) is 4.06. The molecule has 6 nitrogen and oxygen atoms in total. The van der Waals surface area contributed by atoms with Crippen LogP contribution in [0.3, 0.4) is 0 Å². The molecule has 3 rings (SSSR count). The van der Waals surface area contributed by atoms with Gasteiger partial charge in [0.15, 0.2) is 5.78 Å². The van der Waals surface area contributed by atoms with Gasteiger partial charge in [-0.25, -0.2) is 4.98 Å². The molecule has 0 saturated heterocycles. The Morgan fingerprint density at radius 3 is 2.09 bits per heavy atom. The summed E-state index contributed by atoms with van der Waals surface area (Å²) < 4.78 is 0. The molecule has 2 aromatic rings. The molecule has 0 fully saturated rings.